The Labute approximate surface area is 126 Å². The van der Waals surface area contributed by atoms with Crippen LogP contribution in [-0.2, 0) is 16.4 Å². The summed E-state index contributed by atoms with van der Waals surface area (Å²) in [4.78, 5) is 1.19. The minimum Gasteiger partial charge on any atom is -0.379 e. The van der Waals surface area contributed by atoms with Gasteiger partial charge in [0.2, 0.25) is 0 Å². The molecule has 0 fully saturated rings. The monoisotopic (exact) mass is 326 g/mol. The van der Waals surface area contributed by atoms with Crippen LogP contribution in [-0.4, -0.2) is 14.7 Å². The third kappa shape index (κ3) is 3.51. The summed E-state index contributed by atoms with van der Waals surface area (Å²) in [5.41, 5.74) is 1.17. The Balaban J connectivity index is 2.19. The van der Waals surface area contributed by atoms with E-state index >= 15 is 0 Å². The second-order valence-corrected chi connectivity index (χ2v) is 7.60. The van der Waals surface area contributed by atoms with Crippen LogP contribution in [0, 0.1) is 11.3 Å². The highest BCUT2D eigenvalue weighted by atomic mass is 35.5. The first kappa shape index (κ1) is 14.9. The Bertz CT molecular complexity index is 776. The second-order valence-electron chi connectivity index (χ2n) is 4.18. The molecule has 104 valence electrons. The van der Waals surface area contributed by atoms with Crippen LogP contribution >= 0.6 is 22.9 Å². The highest BCUT2D eigenvalue weighted by Crippen LogP contribution is 2.26. The lowest BCUT2D eigenvalue weighted by atomic mass is 10.3. The maximum absolute atomic E-state index is 11.5. The molecule has 0 aliphatic carbocycles. The normalized spacial score (nSPS) is 11.1. The van der Waals surface area contributed by atoms with E-state index in [-0.39, 0.29) is 4.90 Å². The molecule has 1 N–H and O–H groups in total. The van der Waals surface area contributed by atoms with Crippen LogP contribution in [0.15, 0.2) is 34.5 Å². The van der Waals surface area contributed by atoms with E-state index < -0.39 is 9.84 Å². The largest absolute Gasteiger partial charge is 0.379 e. The van der Waals surface area contributed by atoms with E-state index in [1.165, 1.54) is 23.5 Å². The molecular weight excluding hydrogens is 316 g/mol. The summed E-state index contributed by atoms with van der Waals surface area (Å²) < 4.78 is 23.0. The standard InChI is InChI=1S/C13H11ClN2O2S2/c1-20(17,18)11-2-3-12(14)13(5-11)16-7-10-4-9(6-15)8-19-10/h2-5,8,16H,7H2,1H3. The zero-order valence-corrected chi connectivity index (χ0v) is 12.9. The fourth-order valence-corrected chi connectivity index (χ4v) is 3.17. The van der Waals surface area contributed by atoms with Crippen molar-refractivity contribution in [2.24, 2.45) is 0 Å². The van der Waals surface area contributed by atoms with Gasteiger partial charge in [0.25, 0.3) is 0 Å². The fraction of sp³-hybridized carbons (Fsp3) is 0.154. The van der Waals surface area contributed by atoms with Crippen LogP contribution in [0.3, 0.4) is 0 Å². The van der Waals surface area contributed by atoms with E-state index in [1.54, 1.807) is 17.5 Å². The van der Waals surface area contributed by atoms with E-state index in [9.17, 15) is 8.42 Å². The lowest BCUT2D eigenvalue weighted by Crippen LogP contribution is -2.02. The predicted octanol–water partition coefficient (Wildman–Crippen LogP) is 3.29. The van der Waals surface area contributed by atoms with Crippen LogP contribution in [0.4, 0.5) is 5.69 Å². The maximum Gasteiger partial charge on any atom is 0.175 e. The molecule has 2 rings (SSSR count). The van der Waals surface area contributed by atoms with E-state index in [1.807, 2.05) is 0 Å². The van der Waals surface area contributed by atoms with Gasteiger partial charge in [-0.1, -0.05) is 11.6 Å². The highest BCUT2D eigenvalue weighted by Gasteiger charge is 2.10. The average Bonchev–Trinajstić information content (AvgIpc) is 2.84. The predicted molar refractivity (Wildman–Crippen MR) is 80.9 cm³/mol. The minimum atomic E-state index is -3.26. The molecule has 0 bridgehead atoms. The Morgan fingerprint density at radius 3 is 2.75 bits per heavy atom. The van der Waals surface area contributed by atoms with Crippen molar-refractivity contribution in [3.8, 4) is 6.07 Å². The van der Waals surface area contributed by atoms with Crippen molar-refractivity contribution in [2.75, 3.05) is 11.6 Å². The number of nitrogens with one attached hydrogen (secondary N) is 1. The summed E-state index contributed by atoms with van der Waals surface area (Å²) in [6.45, 7) is 0.485. The molecule has 0 atom stereocenters. The summed E-state index contributed by atoms with van der Waals surface area (Å²) in [5, 5.41) is 14.1. The number of halogens is 1. The maximum atomic E-state index is 11.5. The number of hydrogen-bond acceptors (Lipinski definition) is 5. The van der Waals surface area contributed by atoms with Crippen LogP contribution < -0.4 is 5.32 Å². The molecule has 0 spiro atoms. The summed E-state index contributed by atoms with van der Waals surface area (Å²) >= 11 is 7.50. The summed E-state index contributed by atoms with van der Waals surface area (Å²) in [7, 11) is -3.26. The molecule has 7 heteroatoms. The molecule has 20 heavy (non-hydrogen) atoms. The Morgan fingerprint density at radius 2 is 2.15 bits per heavy atom. The zero-order valence-electron chi connectivity index (χ0n) is 10.6. The lowest BCUT2D eigenvalue weighted by Gasteiger charge is -2.09. The SMILES string of the molecule is CS(=O)(=O)c1ccc(Cl)c(NCc2cc(C#N)cs2)c1. The van der Waals surface area contributed by atoms with Crippen molar-refractivity contribution in [3.63, 3.8) is 0 Å². The quantitative estimate of drug-likeness (QED) is 0.936. The molecule has 0 saturated carbocycles. The summed E-state index contributed by atoms with van der Waals surface area (Å²) in [6.07, 6.45) is 1.15. The van der Waals surface area contributed by atoms with Crippen molar-refractivity contribution >= 4 is 38.5 Å². The first-order valence-electron chi connectivity index (χ1n) is 5.61. The van der Waals surface area contributed by atoms with E-state index in [4.69, 9.17) is 16.9 Å². The van der Waals surface area contributed by atoms with Crippen molar-refractivity contribution in [3.05, 3.63) is 45.1 Å². The first-order valence-corrected chi connectivity index (χ1v) is 8.76. The van der Waals surface area contributed by atoms with Crippen molar-refractivity contribution in [2.45, 2.75) is 11.4 Å². The van der Waals surface area contributed by atoms with E-state index in [2.05, 4.69) is 11.4 Å². The Morgan fingerprint density at radius 1 is 1.40 bits per heavy atom. The van der Waals surface area contributed by atoms with Gasteiger partial charge in [-0.3, -0.25) is 0 Å². The second kappa shape index (κ2) is 5.83. The fourth-order valence-electron chi connectivity index (χ4n) is 1.58. The number of sulfone groups is 1. The molecule has 0 unspecified atom stereocenters. The molecule has 4 nitrogen and oxygen atoms in total. The van der Waals surface area contributed by atoms with Gasteiger partial charge in [-0.05, 0) is 24.3 Å². The van der Waals surface area contributed by atoms with Gasteiger partial charge in [0.15, 0.2) is 9.84 Å². The number of nitrogens with zero attached hydrogens (tertiary/aromatic N) is 1. The molecule has 1 aromatic heterocycles. The molecule has 0 saturated heterocycles. The molecular formula is C13H11ClN2O2S2. The summed E-state index contributed by atoms with van der Waals surface area (Å²) in [6, 6.07) is 8.38. The van der Waals surface area contributed by atoms with Gasteiger partial charge in [-0.2, -0.15) is 5.26 Å². The zero-order chi connectivity index (χ0) is 14.8. The molecule has 0 radical (unpaired) electrons. The number of anilines is 1. The van der Waals surface area contributed by atoms with Crippen LogP contribution in [0.1, 0.15) is 10.4 Å². The third-order valence-electron chi connectivity index (χ3n) is 2.60. The summed E-state index contributed by atoms with van der Waals surface area (Å²) in [5.74, 6) is 0. The van der Waals surface area contributed by atoms with E-state index in [0.29, 0.717) is 22.8 Å². The highest BCUT2D eigenvalue weighted by molar-refractivity contribution is 7.90. The number of hydrogen-bond donors (Lipinski definition) is 1. The van der Waals surface area contributed by atoms with Gasteiger partial charge in [0.1, 0.15) is 6.07 Å². The van der Waals surface area contributed by atoms with Crippen LogP contribution in [0.5, 0.6) is 0 Å². The smallest absolute Gasteiger partial charge is 0.175 e. The Hall–Kier alpha value is -1.55. The average molecular weight is 327 g/mol. The lowest BCUT2D eigenvalue weighted by molar-refractivity contribution is 0.602. The van der Waals surface area contributed by atoms with Gasteiger partial charge in [0.05, 0.1) is 21.2 Å². The van der Waals surface area contributed by atoms with Crippen molar-refractivity contribution in [1.29, 1.82) is 5.26 Å². The topological polar surface area (TPSA) is 70.0 Å². The van der Waals surface area contributed by atoms with Gasteiger partial charge >= 0.3 is 0 Å². The number of thiophene rings is 1. The van der Waals surface area contributed by atoms with Gasteiger partial charge in [0, 0.05) is 23.1 Å². The van der Waals surface area contributed by atoms with Crippen LogP contribution in [0.25, 0.3) is 0 Å². The Kier molecular flexibility index (Phi) is 4.33. The molecule has 0 aliphatic heterocycles. The number of rotatable bonds is 4. The van der Waals surface area contributed by atoms with Gasteiger partial charge in [-0.15, -0.1) is 11.3 Å². The van der Waals surface area contributed by atoms with Crippen molar-refractivity contribution in [1.82, 2.24) is 0 Å². The number of benzene rings is 1. The van der Waals surface area contributed by atoms with Gasteiger partial charge in [-0.25, -0.2) is 8.42 Å². The molecule has 0 aliphatic rings. The first-order chi connectivity index (χ1) is 9.40. The molecule has 1 heterocycles. The third-order valence-corrected chi connectivity index (χ3v) is 4.98. The number of nitriles is 1. The van der Waals surface area contributed by atoms with Gasteiger partial charge < -0.3 is 5.32 Å². The van der Waals surface area contributed by atoms with E-state index in [0.717, 1.165) is 11.1 Å². The minimum absolute atomic E-state index is 0.216. The molecule has 0 amide bonds. The van der Waals surface area contributed by atoms with Crippen molar-refractivity contribution < 1.29 is 8.42 Å². The molecule has 1 aromatic carbocycles. The molecule has 2 aromatic rings. The van der Waals surface area contributed by atoms with Crippen LogP contribution in [0.2, 0.25) is 5.02 Å².